The molecule has 0 bridgehead atoms. The lowest BCUT2D eigenvalue weighted by atomic mass is 10.2. The lowest BCUT2D eigenvalue weighted by Crippen LogP contribution is -1.83. The van der Waals surface area contributed by atoms with Crippen LogP contribution >= 0.6 is 11.6 Å². The highest BCUT2D eigenvalue weighted by Gasteiger charge is 1.97. The first-order chi connectivity index (χ1) is 6.36. The van der Waals surface area contributed by atoms with Crippen molar-refractivity contribution in [3.8, 4) is 11.3 Å². The van der Waals surface area contributed by atoms with Crippen molar-refractivity contribution >= 4 is 11.6 Å². The highest BCUT2D eigenvalue weighted by Crippen LogP contribution is 2.16. The SMILES string of the molecule is Clc1ccc(-c2cc[c]cn2)cn1. The van der Waals surface area contributed by atoms with Crippen molar-refractivity contribution in [3.05, 3.63) is 47.9 Å². The standard InChI is InChI=1S/C10H6ClN2/c11-10-5-4-8(7-13-10)9-3-1-2-6-12-9/h1,3-7H. The Kier molecular flexibility index (Phi) is 2.23. The summed E-state index contributed by atoms with van der Waals surface area (Å²) in [6.45, 7) is 0. The molecule has 0 aromatic carbocycles. The fourth-order valence-electron chi connectivity index (χ4n) is 1.02. The van der Waals surface area contributed by atoms with Crippen molar-refractivity contribution in [2.75, 3.05) is 0 Å². The largest absolute Gasteiger partial charge is 0.256 e. The second-order valence-electron chi connectivity index (χ2n) is 2.51. The predicted molar refractivity (Wildman–Crippen MR) is 51.3 cm³/mol. The van der Waals surface area contributed by atoms with E-state index < -0.39 is 0 Å². The van der Waals surface area contributed by atoms with Gasteiger partial charge in [0.05, 0.1) is 5.69 Å². The van der Waals surface area contributed by atoms with Crippen LogP contribution in [0.3, 0.4) is 0 Å². The van der Waals surface area contributed by atoms with Gasteiger partial charge in [0.1, 0.15) is 5.15 Å². The molecule has 13 heavy (non-hydrogen) atoms. The molecule has 2 aromatic heterocycles. The molecule has 1 radical (unpaired) electrons. The third-order valence-electron chi connectivity index (χ3n) is 1.64. The van der Waals surface area contributed by atoms with Crippen LogP contribution in [0.5, 0.6) is 0 Å². The van der Waals surface area contributed by atoms with Crippen molar-refractivity contribution in [2.45, 2.75) is 0 Å². The van der Waals surface area contributed by atoms with Gasteiger partial charge in [-0.2, -0.15) is 0 Å². The number of nitrogens with zero attached hydrogens (tertiary/aromatic N) is 2. The molecule has 0 aliphatic carbocycles. The van der Waals surface area contributed by atoms with E-state index in [0.717, 1.165) is 11.3 Å². The van der Waals surface area contributed by atoms with E-state index in [1.807, 2.05) is 18.2 Å². The van der Waals surface area contributed by atoms with Crippen molar-refractivity contribution in [2.24, 2.45) is 0 Å². The van der Waals surface area contributed by atoms with Gasteiger partial charge < -0.3 is 0 Å². The molecule has 3 heteroatoms. The first-order valence-corrected chi connectivity index (χ1v) is 4.18. The molecule has 2 aromatic rings. The first-order valence-electron chi connectivity index (χ1n) is 3.80. The van der Waals surface area contributed by atoms with Crippen molar-refractivity contribution in [3.63, 3.8) is 0 Å². The summed E-state index contributed by atoms with van der Waals surface area (Å²) in [6.07, 6.45) is 3.33. The van der Waals surface area contributed by atoms with Gasteiger partial charge in [0.2, 0.25) is 0 Å². The van der Waals surface area contributed by atoms with Crippen molar-refractivity contribution in [1.82, 2.24) is 9.97 Å². The minimum Gasteiger partial charge on any atom is -0.256 e. The lowest BCUT2D eigenvalue weighted by molar-refractivity contribution is 1.28. The molecular weight excluding hydrogens is 184 g/mol. The quantitative estimate of drug-likeness (QED) is 0.645. The number of aromatic nitrogens is 2. The van der Waals surface area contributed by atoms with E-state index in [-0.39, 0.29) is 0 Å². The molecule has 0 amide bonds. The summed E-state index contributed by atoms with van der Waals surface area (Å²) in [6, 6.07) is 10.2. The zero-order chi connectivity index (χ0) is 9.10. The molecule has 0 aliphatic rings. The maximum atomic E-state index is 5.66. The van der Waals surface area contributed by atoms with E-state index >= 15 is 0 Å². The summed E-state index contributed by atoms with van der Waals surface area (Å²) in [5, 5.41) is 0.492. The summed E-state index contributed by atoms with van der Waals surface area (Å²) in [4.78, 5) is 8.11. The fourth-order valence-corrected chi connectivity index (χ4v) is 1.13. The highest BCUT2D eigenvalue weighted by molar-refractivity contribution is 6.29. The number of hydrogen-bond donors (Lipinski definition) is 0. The summed E-state index contributed by atoms with van der Waals surface area (Å²) < 4.78 is 0. The maximum absolute atomic E-state index is 5.66. The number of halogens is 1. The molecule has 2 nitrogen and oxygen atoms in total. The second-order valence-corrected chi connectivity index (χ2v) is 2.90. The molecule has 0 unspecified atom stereocenters. The van der Waals surface area contributed by atoms with Crippen molar-refractivity contribution in [1.29, 1.82) is 0 Å². The Labute approximate surface area is 81.2 Å². The maximum Gasteiger partial charge on any atom is 0.129 e. The smallest absolute Gasteiger partial charge is 0.129 e. The normalized spacial score (nSPS) is 9.92. The van der Waals surface area contributed by atoms with Crippen LogP contribution in [-0.2, 0) is 0 Å². The fraction of sp³-hybridized carbons (Fsp3) is 0. The molecule has 63 valence electrons. The van der Waals surface area contributed by atoms with Crippen LogP contribution < -0.4 is 0 Å². The van der Waals surface area contributed by atoms with E-state index in [9.17, 15) is 0 Å². The van der Waals surface area contributed by atoms with Crippen LogP contribution in [0.4, 0.5) is 0 Å². The Balaban J connectivity index is 2.42. The summed E-state index contributed by atoms with van der Waals surface area (Å²) >= 11 is 5.66. The van der Waals surface area contributed by atoms with Crippen LogP contribution in [0, 0.1) is 6.07 Å². The zero-order valence-electron chi connectivity index (χ0n) is 6.74. The molecular formula is C10H6ClN2. The minimum absolute atomic E-state index is 0.492. The Morgan fingerprint density at radius 1 is 1.15 bits per heavy atom. The van der Waals surface area contributed by atoms with Crippen LogP contribution in [0.25, 0.3) is 11.3 Å². The molecule has 0 saturated heterocycles. The Hall–Kier alpha value is -1.41. The van der Waals surface area contributed by atoms with Gasteiger partial charge in [-0.25, -0.2) is 4.98 Å². The second kappa shape index (κ2) is 3.54. The minimum atomic E-state index is 0.492. The molecule has 0 aliphatic heterocycles. The molecule has 2 heterocycles. The van der Waals surface area contributed by atoms with Gasteiger partial charge in [-0.3, -0.25) is 4.98 Å². The number of pyridine rings is 2. The zero-order valence-corrected chi connectivity index (χ0v) is 7.49. The monoisotopic (exact) mass is 189 g/mol. The molecule has 0 spiro atoms. The summed E-state index contributed by atoms with van der Waals surface area (Å²) in [5.74, 6) is 0. The molecule has 0 N–H and O–H groups in total. The van der Waals surface area contributed by atoms with Gasteiger partial charge in [-0.05, 0) is 18.2 Å². The van der Waals surface area contributed by atoms with Gasteiger partial charge in [0.25, 0.3) is 0 Å². The van der Waals surface area contributed by atoms with E-state index in [4.69, 9.17) is 11.6 Å². The van der Waals surface area contributed by atoms with Gasteiger partial charge >= 0.3 is 0 Å². The molecule has 0 atom stereocenters. The van der Waals surface area contributed by atoms with Gasteiger partial charge in [0.15, 0.2) is 0 Å². The van der Waals surface area contributed by atoms with Gasteiger partial charge in [-0.1, -0.05) is 17.7 Å². The summed E-state index contributed by atoms with van der Waals surface area (Å²) in [5.41, 5.74) is 1.83. The van der Waals surface area contributed by atoms with Crippen LogP contribution in [0.1, 0.15) is 0 Å². The Morgan fingerprint density at radius 2 is 2.08 bits per heavy atom. The Morgan fingerprint density at radius 3 is 2.69 bits per heavy atom. The molecule has 0 fully saturated rings. The first kappa shape index (κ1) is 8.20. The van der Waals surface area contributed by atoms with Crippen LogP contribution in [0.2, 0.25) is 5.15 Å². The van der Waals surface area contributed by atoms with E-state index in [1.165, 1.54) is 0 Å². The average Bonchev–Trinajstić information content (AvgIpc) is 2.20. The lowest BCUT2D eigenvalue weighted by Gasteiger charge is -1.98. The Bertz CT molecular complexity index is 383. The topological polar surface area (TPSA) is 25.8 Å². The summed E-state index contributed by atoms with van der Waals surface area (Å²) in [7, 11) is 0. The van der Waals surface area contributed by atoms with E-state index in [2.05, 4.69) is 16.0 Å². The van der Waals surface area contributed by atoms with Crippen LogP contribution in [0.15, 0.2) is 36.7 Å². The van der Waals surface area contributed by atoms with Crippen molar-refractivity contribution < 1.29 is 0 Å². The van der Waals surface area contributed by atoms with E-state index in [1.54, 1.807) is 18.5 Å². The molecule has 0 saturated carbocycles. The average molecular weight is 190 g/mol. The van der Waals surface area contributed by atoms with Gasteiger partial charge in [0, 0.05) is 24.0 Å². The predicted octanol–water partition coefficient (Wildman–Crippen LogP) is 2.60. The third kappa shape index (κ3) is 1.84. The highest BCUT2D eigenvalue weighted by atomic mass is 35.5. The number of rotatable bonds is 1. The van der Waals surface area contributed by atoms with Crippen LogP contribution in [-0.4, -0.2) is 9.97 Å². The van der Waals surface area contributed by atoms with Gasteiger partial charge in [-0.15, -0.1) is 0 Å². The third-order valence-corrected chi connectivity index (χ3v) is 1.86. The van der Waals surface area contributed by atoms with E-state index in [0.29, 0.717) is 5.15 Å². The number of hydrogen-bond acceptors (Lipinski definition) is 2. The molecule has 2 rings (SSSR count).